The maximum Gasteiger partial charge on any atom is 0.222 e. The Balaban J connectivity index is 1.92. The zero-order valence-electron chi connectivity index (χ0n) is 11.1. The molecule has 0 bridgehead atoms. The lowest BCUT2D eigenvalue weighted by atomic mass is 10.2. The minimum Gasteiger partial charge on any atom is -0.488 e. The van der Waals surface area contributed by atoms with Gasteiger partial charge in [0.25, 0.3) is 0 Å². The molecule has 0 unspecified atom stereocenters. The lowest BCUT2D eigenvalue weighted by molar-refractivity contribution is 0.310. The molecule has 0 spiro atoms. The molecule has 0 aliphatic rings. The number of anilines is 2. The second-order valence-corrected chi connectivity index (χ2v) is 5.45. The topological polar surface area (TPSA) is 87.0 Å². The van der Waals surface area contributed by atoms with Gasteiger partial charge in [-0.15, -0.1) is 0 Å². The van der Waals surface area contributed by atoms with Gasteiger partial charge in [-0.25, -0.2) is 4.98 Å². The first-order valence-electron chi connectivity index (χ1n) is 6.32. The highest BCUT2D eigenvalue weighted by Gasteiger charge is 2.09. The maximum atomic E-state index is 5.93. The summed E-state index contributed by atoms with van der Waals surface area (Å²) in [5.41, 5.74) is 13.3. The number of halogens is 1. The third kappa shape index (κ3) is 2.90. The van der Waals surface area contributed by atoms with Crippen LogP contribution >= 0.6 is 15.9 Å². The van der Waals surface area contributed by atoms with E-state index in [1.807, 2.05) is 42.5 Å². The molecule has 0 saturated carbocycles. The Kier molecular flexibility index (Phi) is 3.62. The summed E-state index contributed by atoms with van der Waals surface area (Å²) in [6.45, 7) is 0.441. The van der Waals surface area contributed by atoms with E-state index < -0.39 is 0 Å². The summed E-state index contributed by atoms with van der Waals surface area (Å²) in [6, 6.07) is 13.5. The largest absolute Gasteiger partial charge is 0.488 e. The van der Waals surface area contributed by atoms with Crippen LogP contribution in [0.1, 0.15) is 5.56 Å². The van der Waals surface area contributed by atoms with Crippen LogP contribution in [0.15, 0.2) is 46.9 Å². The van der Waals surface area contributed by atoms with Gasteiger partial charge in [-0.05, 0) is 29.8 Å². The van der Waals surface area contributed by atoms with Crippen molar-refractivity contribution in [3.63, 3.8) is 0 Å². The van der Waals surface area contributed by atoms with Gasteiger partial charge in [0.2, 0.25) is 5.95 Å². The molecule has 1 heterocycles. The summed E-state index contributed by atoms with van der Waals surface area (Å²) in [5, 5.41) is 0.684. The van der Waals surface area contributed by atoms with Gasteiger partial charge in [0.05, 0.1) is 10.9 Å². The van der Waals surface area contributed by atoms with Crippen molar-refractivity contribution in [3.05, 3.63) is 52.5 Å². The minimum atomic E-state index is 0.157. The fourth-order valence-electron chi connectivity index (χ4n) is 2.06. The van der Waals surface area contributed by atoms with Crippen LogP contribution in [-0.2, 0) is 6.61 Å². The lowest BCUT2D eigenvalue weighted by Crippen LogP contribution is -2.03. The molecule has 0 amide bonds. The first kappa shape index (κ1) is 13.6. The molecular formula is C15H13BrN4O. The highest BCUT2D eigenvalue weighted by Crippen LogP contribution is 2.29. The summed E-state index contributed by atoms with van der Waals surface area (Å²) in [6.07, 6.45) is 0. The van der Waals surface area contributed by atoms with Crippen molar-refractivity contribution in [2.24, 2.45) is 0 Å². The molecule has 6 heteroatoms. The molecule has 0 aliphatic carbocycles. The van der Waals surface area contributed by atoms with Gasteiger partial charge in [0.15, 0.2) is 0 Å². The first-order valence-corrected chi connectivity index (χ1v) is 7.12. The van der Waals surface area contributed by atoms with Crippen LogP contribution < -0.4 is 16.2 Å². The fraction of sp³-hybridized carbons (Fsp3) is 0.0667. The van der Waals surface area contributed by atoms with Crippen LogP contribution in [0.3, 0.4) is 0 Å². The smallest absolute Gasteiger partial charge is 0.222 e. The zero-order valence-corrected chi connectivity index (χ0v) is 12.7. The standard InChI is InChI=1S/C15H13BrN4O/c16-10-6-4-9(5-7-10)8-21-12-3-1-2-11-13(12)14(17)20-15(18)19-11/h1-7H,8H2,(H4,17,18,19,20). The van der Waals surface area contributed by atoms with E-state index in [1.54, 1.807) is 0 Å². The molecule has 3 rings (SSSR count). The van der Waals surface area contributed by atoms with Crippen LogP contribution in [0, 0.1) is 0 Å². The van der Waals surface area contributed by atoms with Crippen LogP contribution in [0.4, 0.5) is 11.8 Å². The van der Waals surface area contributed by atoms with Gasteiger partial charge in [-0.2, -0.15) is 4.98 Å². The van der Waals surface area contributed by atoms with Crippen LogP contribution in [0.5, 0.6) is 5.75 Å². The van der Waals surface area contributed by atoms with E-state index in [0.29, 0.717) is 29.1 Å². The van der Waals surface area contributed by atoms with E-state index in [4.69, 9.17) is 16.2 Å². The monoisotopic (exact) mass is 344 g/mol. The second-order valence-electron chi connectivity index (χ2n) is 4.53. The highest BCUT2D eigenvalue weighted by atomic mass is 79.9. The van der Waals surface area contributed by atoms with Crippen molar-refractivity contribution in [1.29, 1.82) is 0 Å². The summed E-state index contributed by atoms with van der Waals surface area (Å²) < 4.78 is 6.88. The van der Waals surface area contributed by atoms with Crippen LogP contribution in [0.25, 0.3) is 10.9 Å². The van der Waals surface area contributed by atoms with Gasteiger partial charge in [0, 0.05) is 4.47 Å². The summed E-state index contributed by atoms with van der Waals surface area (Å²) in [5.74, 6) is 1.13. The second kappa shape index (κ2) is 5.57. The van der Waals surface area contributed by atoms with Crippen molar-refractivity contribution >= 4 is 38.6 Å². The molecule has 0 fully saturated rings. The first-order chi connectivity index (χ1) is 10.1. The number of ether oxygens (including phenoxy) is 1. The normalized spacial score (nSPS) is 10.7. The molecule has 0 radical (unpaired) electrons. The van der Waals surface area contributed by atoms with E-state index in [0.717, 1.165) is 10.0 Å². The molecule has 2 aromatic carbocycles. The molecule has 5 nitrogen and oxygen atoms in total. The van der Waals surface area contributed by atoms with Crippen molar-refractivity contribution < 1.29 is 4.74 Å². The number of nitrogens with two attached hydrogens (primary N) is 2. The fourth-order valence-corrected chi connectivity index (χ4v) is 2.32. The number of rotatable bonds is 3. The van der Waals surface area contributed by atoms with Crippen LogP contribution in [-0.4, -0.2) is 9.97 Å². The summed E-state index contributed by atoms with van der Waals surface area (Å²) in [7, 11) is 0. The average molecular weight is 345 g/mol. The molecule has 0 atom stereocenters. The Morgan fingerprint density at radius 1 is 1.00 bits per heavy atom. The Hall–Kier alpha value is -2.34. The third-order valence-electron chi connectivity index (χ3n) is 3.04. The summed E-state index contributed by atoms with van der Waals surface area (Å²) in [4.78, 5) is 8.15. The van der Waals surface area contributed by atoms with Gasteiger partial charge < -0.3 is 16.2 Å². The Labute approximate surface area is 130 Å². The number of hydrogen-bond acceptors (Lipinski definition) is 5. The third-order valence-corrected chi connectivity index (χ3v) is 3.57. The number of hydrogen-bond donors (Lipinski definition) is 2. The van der Waals surface area contributed by atoms with Gasteiger partial charge in [-0.3, -0.25) is 0 Å². The number of aromatic nitrogens is 2. The van der Waals surface area contributed by atoms with E-state index >= 15 is 0 Å². The van der Waals surface area contributed by atoms with Crippen molar-refractivity contribution in [1.82, 2.24) is 9.97 Å². The summed E-state index contributed by atoms with van der Waals surface area (Å²) >= 11 is 3.40. The maximum absolute atomic E-state index is 5.93. The van der Waals surface area contributed by atoms with Gasteiger partial charge >= 0.3 is 0 Å². The molecule has 3 aromatic rings. The van der Waals surface area contributed by atoms with E-state index in [2.05, 4.69) is 25.9 Å². The SMILES string of the molecule is Nc1nc(N)c2c(OCc3ccc(Br)cc3)cccc2n1. The molecule has 0 aliphatic heterocycles. The van der Waals surface area contributed by atoms with Crippen molar-refractivity contribution in [3.8, 4) is 5.75 Å². The highest BCUT2D eigenvalue weighted by molar-refractivity contribution is 9.10. The van der Waals surface area contributed by atoms with E-state index in [-0.39, 0.29) is 5.95 Å². The zero-order chi connectivity index (χ0) is 14.8. The Morgan fingerprint density at radius 2 is 1.76 bits per heavy atom. The predicted molar refractivity (Wildman–Crippen MR) is 86.8 cm³/mol. The molecule has 106 valence electrons. The molecule has 1 aromatic heterocycles. The number of benzene rings is 2. The van der Waals surface area contributed by atoms with Crippen LogP contribution in [0.2, 0.25) is 0 Å². The molecular weight excluding hydrogens is 332 g/mol. The lowest BCUT2D eigenvalue weighted by Gasteiger charge is -2.10. The number of fused-ring (bicyclic) bond motifs is 1. The van der Waals surface area contributed by atoms with E-state index in [1.165, 1.54) is 0 Å². The Morgan fingerprint density at radius 3 is 2.52 bits per heavy atom. The van der Waals surface area contributed by atoms with E-state index in [9.17, 15) is 0 Å². The number of nitrogen functional groups attached to an aromatic ring is 2. The predicted octanol–water partition coefficient (Wildman–Crippen LogP) is 3.14. The van der Waals surface area contributed by atoms with Crippen molar-refractivity contribution in [2.75, 3.05) is 11.5 Å². The van der Waals surface area contributed by atoms with Crippen molar-refractivity contribution in [2.45, 2.75) is 6.61 Å². The average Bonchev–Trinajstić information content (AvgIpc) is 2.46. The molecule has 4 N–H and O–H groups in total. The molecule has 0 saturated heterocycles. The quantitative estimate of drug-likeness (QED) is 0.762. The Bertz CT molecular complexity index is 790. The molecule has 21 heavy (non-hydrogen) atoms. The number of nitrogens with zero attached hydrogens (tertiary/aromatic N) is 2. The van der Waals surface area contributed by atoms with Gasteiger partial charge in [-0.1, -0.05) is 34.1 Å². The van der Waals surface area contributed by atoms with Gasteiger partial charge in [0.1, 0.15) is 18.2 Å². The minimum absolute atomic E-state index is 0.157.